The van der Waals surface area contributed by atoms with Crippen LogP contribution in [0.1, 0.15) is 77.6 Å². The van der Waals surface area contributed by atoms with E-state index >= 15 is 0 Å². The van der Waals surface area contributed by atoms with Gasteiger partial charge in [0.25, 0.3) is 11.8 Å². The molecule has 328 valence electrons. The summed E-state index contributed by atoms with van der Waals surface area (Å²) in [7, 11) is 0. The first-order valence-corrected chi connectivity index (χ1v) is 21.5. The van der Waals surface area contributed by atoms with E-state index in [2.05, 4.69) is 30.3 Å². The number of rotatable bonds is 7. The normalized spacial score (nSPS) is 21.9. The minimum absolute atomic E-state index is 0.0508. The highest BCUT2D eigenvalue weighted by Gasteiger charge is 2.49. The second-order valence-corrected chi connectivity index (χ2v) is 17.6. The Hall–Kier alpha value is -6.51. The van der Waals surface area contributed by atoms with Crippen LogP contribution in [0.4, 0.5) is 41.7 Å². The molecule has 7 heterocycles. The van der Waals surface area contributed by atoms with Crippen molar-refractivity contribution >= 4 is 64.0 Å². The zero-order valence-corrected chi connectivity index (χ0v) is 34.5. The number of nitrogens with one attached hydrogen (secondary N) is 2. The second kappa shape index (κ2) is 16.3. The number of carbonyl (C=O) groups excluding carboxylic acids is 6. The average Bonchev–Trinajstić information content (AvgIpc) is 3.52. The quantitative estimate of drug-likeness (QED) is 0.237. The molecule has 2 N–H and O–H groups in total. The molecule has 1 unspecified atom stereocenters. The number of halogens is 3. The van der Waals surface area contributed by atoms with Gasteiger partial charge in [0.05, 0.1) is 35.1 Å². The SMILES string of the molecule is [C-]#[N+]c1ccc(N2CCC(C(=O)Nc3ccc(N4CCC(C(=O)N5CC6(CCN(c7ccc8c(c7)C(=O)N(C7CCC(=O)NC7=O)C8=O)CC6)C5)CC4)cn3)CC2)cc1C(F)(F)F. The molecule has 0 bridgehead atoms. The standard InChI is InChI=1S/C45H46F3N9O6/c1-49-35-6-3-30(23-34(35)45(46,47)48)53-16-10-27(11-17-53)39(59)51-37-8-4-31(24-50-37)54-18-12-28(13-19-54)41(61)56-25-44(26-56)14-20-55(21-15-44)29-2-5-32-33(22-29)43(63)57(42(32)62)36-7-9-38(58)52-40(36)60/h2-6,8,22-24,27-28,36H,7,9-21,25-26H2,(H,50,51,59)(H,52,58,60). The molecule has 15 nitrogen and oxygen atoms in total. The summed E-state index contributed by atoms with van der Waals surface area (Å²) in [6.07, 6.45) is 1.39. The molecule has 9 rings (SSSR count). The Bertz CT molecular complexity index is 2410. The van der Waals surface area contributed by atoms with Crippen molar-refractivity contribution in [2.24, 2.45) is 17.3 Å². The summed E-state index contributed by atoms with van der Waals surface area (Å²) in [5, 5.41) is 5.11. The molecule has 0 aliphatic carbocycles. The van der Waals surface area contributed by atoms with Gasteiger partial charge in [0.15, 0.2) is 5.69 Å². The Labute approximate surface area is 361 Å². The number of benzene rings is 2. The molecular weight excluding hydrogens is 820 g/mol. The molecule has 0 radical (unpaired) electrons. The fourth-order valence-electron chi connectivity index (χ4n) is 10.1. The number of hydrogen-bond acceptors (Lipinski definition) is 10. The van der Waals surface area contributed by atoms with Crippen LogP contribution in [0.5, 0.6) is 0 Å². The molecule has 3 aromatic rings. The third-order valence-corrected chi connectivity index (χ3v) is 13.8. The number of nitrogens with zero attached hydrogens (tertiary/aromatic N) is 7. The lowest BCUT2D eigenvalue weighted by Crippen LogP contribution is -2.63. The van der Waals surface area contributed by atoms with E-state index < -0.39 is 47.1 Å². The van der Waals surface area contributed by atoms with Gasteiger partial charge < -0.3 is 24.9 Å². The minimum Gasteiger partial charge on any atom is -0.372 e. The first-order valence-electron chi connectivity index (χ1n) is 21.5. The molecule has 1 spiro atoms. The number of fused-ring (bicyclic) bond motifs is 1. The minimum atomic E-state index is -4.63. The van der Waals surface area contributed by atoms with Gasteiger partial charge in [0.1, 0.15) is 11.9 Å². The van der Waals surface area contributed by atoms with Crippen LogP contribution < -0.4 is 25.3 Å². The Morgan fingerprint density at radius 3 is 2.00 bits per heavy atom. The molecule has 18 heteroatoms. The van der Waals surface area contributed by atoms with Crippen LogP contribution in [0.3, 0.4) is 0 Å². The van der Waals surface area contributed by atoms with Gasteiger partial charge in [0.2, 0.25) is 23.6 Å². The van der Waals surface area contributed by atoms with Gasteiger partial charge in [-0.2, -0.15) is 13.2 Å². The van der Waals surface area contributed by atoms with E-state index in [0.717, 1.165) is 74.2 Å². The van der Waals surface area contributed by atoms with Crippen LogP contribution >= 0.6 is 0 Å². The molecule has 5 saturated heterocycles. The van der Waals surface area contributed by atoms with E-state index in [9.17, 15) is 41.9 Å². The maximum absolute atomic E-state index is 13.6. The summed E-state index contributed by atoms with van der Waals surface area (Å²) in [6, 6.07) is 11.6. The van der Waals surface area contributed by atoms with Gasteiger partial charge in [-0.05, 0) is 87.4 Å². The first kappa shape index (κ1) is 41.8. The summed E-state index contributed by atoms with van der Waals surface area (Å²) < 4.78 is 40.5. The summed E-state index contributed by atoms with van der Waals surface area (Å²) in [5.74, 6) is -2.07. The molecule has 63 heavy (non-hydrogen) atoms. The van der Waals surface area contributed by atoms with Crippen molar-refractivity contribution in [2.45, 2.75) is 63.6 Å². The number of likely N-dealkylation sites (tertiary alicyclic amines) is 1. The van der Waals surface area contributed by atoms with Crippen LogP contribution in [-0.2, 0) is 25.4 Å². The van der Waals surface area contributed by atoms with Crippen molar-refractivity contribution in [3.8, 4) is 0 Å². The number of alkyl halides is 3. The molecule has 6 aliphatic heterocycles. The van der Waals surface area contributed by atoms with Crippen molar-refractivity contribution in [2.75, 3.05) is 72.4 Å². The molecule has 0 saturated carbocycles. The summed E-state index contributed by atoms with van der Waals surface area (Å²) in [6.45, 7) is 12.2. The smallest absolute Gasteiger partial charge is 0.372 e. The zero-order chi connectivity index (χ0) is 44.2. The van der Waals surface area contributed by atoms with Crippen LogP contribution in [0.25, 0.3) is 4.85 Å². The van der Waals surface area contributed by atoms with E-state index in [0.29, 0.717) is 50.5 Å². The predicted octanol–water partition coefficient (Wildman–Crippen LogP) is 5.25. The largest absolute Gasteiger partial charge is 0.407 e. The highest BCUT2D eigenvalue weighted by Crippen LogP contribution is 2.44. The average molecular weight is 866 g/mol. The predicted molar refractivity (Wildman–Crippen MR) is 224 cm³/mol. The van der Waals surface area contributed by atoms with Gasteiger partial charge in [0, 0.05) is 87.4 Å². The van der Waals surface area contributed by atoms with E-state index in [1.807, 2.05) is 17.0 Å². The molecule has 5 fully saturated rings. The van der Waals surface area contributed by atoms with Crippen molar-refractivity contribution in [3.63, 3.8) is 0 Å². The number of pyridine rings is 1. The number of imide groups is 2. The van der Waals surface area contributed by atoms with Gasteiger partial charge >= 0.3 is 6.18 Å². The number of aromatic nitrogens is 1. The van der Waals surface area contributed by atoms with Crippen molar-refractivity contribution in [1.82, 2.24) is 20.1 Å². The Morgan fingerprint density at radius 2 is 1.37 bits per heavy atom. The third-order valence-electron chi connectivity index (χ3n) is 13.8. The monoisotopic (exact) mass is 865 g/mol. The second-order valence-electron chi connectivity index (χ2n) is 17.6. The zero-order valence-electron chi connectivity index (χ0n) is 34.5. The fourth-order valence-corrected chi connectivity index (χ4v) is 10.1. The van der Waals surface area contributed by atoms with E-state index in [1.165, 1.54) is 12.1 Å². The Kier molecular flexibility index (Phi) is 10.8. The summed E-state index contributed by atoms with van der Waals surface area (Å²) in [4.78, 5) is 93.9. The summed E-state index contributed by atoms with van der Waals surface area (Å²) in [5.41, 5.74) is 1.28. The lowest BCUT2D eigenvalue weighted by atomic mass is 9.71. The molecule has 1 atom stereocenters. The highest BCUT2D eigenvalue weighted by molar-refractivity contribution is 6.23. The Morgan fingerprint density at radius 1 is 0.762 bits per heavy atom. The third kappa shape index (κ3) is 8.04. The fraction of sp³-hybridized carbons (Fsp3) is 0.467. The first-order chi connectivity index (χ1) is 30.2. The van der Waals surface area contributed by atoms with Crippen LogP contribution in [0, 0.1) is 23.8 Å². The molecular formula is C45H46F3N9O6. The summed E-state index contributed by atoms with van der Waals surface area (Å²) >= 11 is 0. The number of amides is 6. The topological polar surface area (TPSA) is 160 Å². The highest BCUT2D eigenvalue weighted by atomic mass is 19.4. The van der Waals surface area contributed by atoms with Crippen molar-refractivity contribution < 1.29 is 41.9 Å². The Balaban J connectivity index is 0.704. The van der Waals surface area contributed by atoms with E-state index in [1.54, 1.807) is 29.3 Å². The number of carbonyl (C=O) groups is 6. The molecule has 6 amide bonds. The number of anilines is 4. The van der Waals surface area contributed by atoms with Gasteiger partial charge in [-0.25, -0.2) is 9.83 Å². The molecule has 2 aromatic carbocycles. The molecule has 6 aliphatic rings. The van der Waals surface area contributed by atoms with Crippen LogP contribution in [-0.4, -0.2) is 109 Å². The van der Waals surface area contributed by atoms with Gasteiger partial charge in [-0.3, -0.25) is 39.0 Å². The van der Waals surface area contributed by atoms with Gasteiger partial charge in [-0.15, -0.1) is 0 Å². The number of piperidine rings is 4. The van der Waals surface area contributed by atoms with E-state index in [4.69, 9.17) is 6.57 Å². The van der Waals surface area contributed by atoms with Crippen LogP contribution in [0.2, 0.25) is 0 Å². The van der Waals surface area contributed by atoms with Crippen LogP contribution in [0.15, 0.2) is 54.7 Å². The molecule has 1 aromatic heterocycles. The number of hydrogen-bond donors (Lipinski definition) is 2. The maximum Gasteiger partial charge on any atom is 0.407 e. The lowest BCUT2D eigenvalue weighted by Gasteiger charge is -2.55. The van der Waals surface area contributed by atoms with Gasteiger partial charge in [-0.1, -0.05) is 6.07 Å². The lowest BCUT2D eigenvalue weighted by molar-refractivity contribution is -0.150. The van der Waals surface area contributed by atoms with Crippen molar-refractivity contribution in [1.29, 1.82) is 0 Å². The van der Waals surface area contributed by atoms with Crippen molar-refractivity contribution in [3.05, 3.63) is 82.8 Å². The maximum atomic E-state index is 13.6. The van der Waals surface area contributed by atoms with E-state index in [-0.39, 0.29) is 53.0 Å².